The van der Waals surface area contributed by atoms with Crippen LogP contribution in [0.1, 0.15) is 45.4 Å². The fourth-order valence-corrected chi connectivity index (χ4v) is 7.61. The molecule has 306 valence electrons. The van der Waals surface area contributed by atoms with Crippen LogP contribution in [0, 0.1) is 23.2 Å². The van der Waals surface area contributed by atoms with E-state index in [4.69, 9.17) is 5.26 Å². The molecule has 0 heterocycles. The quantitative estimate of drug-likeness (QED) is 0.107. The van der Waals surface area contributed by atoms with Crippen molar-refractivity contribution in [2.75, 3.05) is 5.75 Å². The molecule has 0 radical (unpaired) electrons. The molecule has 58 heavy (non-hydrogen) atoms. The molecule has 4 rings (SSSR count). The molecule has 0 aliphatic heterocycles. The highest BCUT2D eigenvalue weighted by Gasteiger charge is 2.39. The number of sulfone groups is 1. The number of halogens is 6. The zero-order valence-corrected chi connectivity index (χ0v) is 31.5. The summed E-state index contributed by atoms with van der Waals surface area (Å²) in [5, 5.41) is 15.4. The summed E-state index contributed by atoms with van der Waals surface area (Å²) in [6.45, 7) is -0.833. The van der Waals surface area contributed by atoms with Gasteiger partial charge in [0, 0.05) is 37.9 Å². The van der Waals surface area contributed by atoms with E-state index in [2.05, 4.69) is 5.32 Å². The first-order chi connectivity index (χ1) is 27.3. The van der Waals surface area contributed by atoms with Crippen LogP contribution in [0.15, 0.2) is 103 Å². The lowest BCUT2D eigenvalue weighted by molar-refractivity contribution is -0.173. The minimum atomic E-state index is -5.07. The van der Waals surface area contributed by atoms with Crippen molar-refractivity contribution in [3.05, 3.63) is 142 Å². The molecule has 0 fully saturated rings. The molecular weight excluding hydrogens is 791 g/mol. The molecule has 0 spiro atoms. The predicted molar refractivity (Wildman–Crippen MR) is 200 cm³/mol. The van der Waals surface area contributed by atoms with E-state index < -0.39 is 82.8 Å². The average Bonchev–Trinajstić information content (AvgIpc) is 3.18. The Balaban J connectivity index is 1.57. The molecule has 0 aliphatic rings. The van der Waals surface area contributed by atoms with Gasteiger partial charge in [0.05, 0.1) is 23.1 Å². The van der Waals surface area contributed by atoms with Crippen LogP contribution in [0.2, 0.25) is 0 Å². The first kappa shape index (κ1) is 44.7. The summed E-state index contributed by atoms with van der Waals surface area (Å²) in [7, 11) is -3.93. The number of benzene rings is 4. The molecule has 0 saturated heterocycles. The Bertz CT molecular complexity index is 2190. The molecule has 0 unspecified atom stereocenters. The van der Waals surface area contributed by atoms with Gasteiger partial charge in [0.1, 0.15) is 5.78 Å². The number of Topliss-reactive ketones (excluding diaryl/α,β-unsaturated/α-hetero) is 1. The summed E-state index contributed by atoms with van der Waals surface area (Å²) in [6.07, 6.45) is -10.7. The number of amides is 3. The first-order valence-electron chi connectivity index (χ1n) is 17.7. The van der Waals surface area contributed by atoms with Crippen LogP contribution < -0.4 is 16.0 Å². The Hall–Kier alpha value is -6.02. The molecule has 2 atom stereocenters. The molecular formula is C41H38F6N4O6S. The summed E-state index contributed by atoms with van der Waals surface area (Å²) in [4.78, 5) is 50.4. The highest BCUT2D eigenvalue weighted by Crippen LogP contribution is 2.23. The van der Waals surface area contributed by atoms with Crippen LogP contribution in [0.25, 0.3) is 0 Å². The smallest absolute Gasteiger partial charge is 0.352 e. The maximum atomic E-state index is 14.2. The van der Waals surface area contributed by atoms with E-state index in [1.165, 1.54) is 48.5 Å². The Morgan fingerprint density at radius 1 is 0.569 bits per heavy atom. The zero-order chi connectivity index (χ0) is 42.5. The van der Waals surface area contributed by atoms with E-state index in [1.807, 2.05) is 6.07 Å². The van der Waals surface area contributed by atoms with Gasteiger partial charge >= 0.3 is 24.2 Å². The zero-order valence-electron chi connectivity index (χ0n) is 30.7. The van der Waals surface area contributed by atoms with Crippen molar-refractivity contribution >= 4 is 33.3 Å². The Kier molecular flexibility index (Phi) is 15.3. The molecule has 0 saturated carbocycles. The number of nitrogens with one attached hydrogen (secondary N) is 3. The van der Waals surface area contributed by atoms with Gasteiger partial charge in [-0.25, -0.2) is 8.42 Å². The number of nitriles is 1. The van der Waals surface area contributed by atoms with Crippen LogP contribution in [0.4, 0.5) is 26.3 Å². The average molecular weight is 829 g/mol. The van der Waals surface area contributed by atoms with Crippen molar-refractivity contribution in [2.24, 2.45) is 11.8 Å². The van der Waals surface area contributed by atoms with Gasteiger partial charge in [-0.2, -0.15) is 31.6 Å². The maximum Gasteiger partial charge on any atom is 0.471 e. The second-order valence-corrected chi connectivity index (χ2v) is 15.6. The standard InChI is InChI=1S/C41H38F6N4O6S/c42-40(43,44)38(54)50-23-31-12-6-27(7-13-31)18-34(37(53)49-22-30-16-10-29(21-48)11-17-30)20-36(52)35(26-58(56,57)25-33-4-2-1-3-5-33)19-28-8-14-32(15-9-28)24-51-39(55)41(45,46)47/h1-17,34-35H,18-20,22-26H2,(H,49,53)(H,50,54)(H,51,55)/t34-,35+/m1/s1. The van der Waals surface area contributed by atoms with Crippen LogP contribution in [-0.4, -0.2) is 50.0 Å². The van der Waals surface area contributed by atoms with Crippen LogP contribution in [-0.2, 0) is 67.2 Å². The van der Waals surface area contributed by atoms with Gasteiger partial charge in [0.25, 0.3) is 0 Å². The van der Waals surface area contributed by atoms with Crippen LogP contribution in [0.5, 0.6) is 0 Å². The highest BCUT2D eigenvalue weighted by atomic mass is 32.2. The molecule has 3 amide bonds. The van der Waals surface area contributed by atoms with E-state index in [0.29, 0.717) is 38.9 Å². The third kappa shape index (κ3) is 14.5. The number of hydrogen-bond donors (Lipinski definition) is 3. The lowest BCUT2D eigenvalue weighted by atomic mass is 9.87. The number of alkyl halides is 6. The minimum Gasteiger partial charge on any atom is -0.352 e. The van der Waals surface area contributed by atoms with E-state index >= 15 is 0 Å². The lowest BCUT2D eigenvalue weighted by Gasteiger charge is -2.21. The van der Waals surface area contributed by atoms with E-state index in [1.54, 1.807) is 65.2 Å². The fraction of sp³-hybridized carbons (Fsp3) is 0.293. The normalized spacial score (nSPS) is 12.8. The van der Waals surface area contributed by atoms with Gasteiger partial charge in [-0.3, -0.25) is 19.2 Å². The van der Waals surface area contributed by atoms with Crippen molar-refractivity contribution in [1.82, 2.24) is 16.0 Å². The van der Waals surface area contributed by atoms with Crippen molar-refractivity contribution < 1.29 is 53.9 Å². The Morgan fingerprint density at radius 3 is 1.43 bits per heavy atom. The van der Waals surface area contributed by atoms with Crippen LogP contribution >= 0.6 is 0 Å². The molecule has 0 bridgehead atoms. The third-order valence-corrected chi connectivity index (χ3v) is 10.6. The van der Waals surface area contributed by atoms with Crippen molar-refractivity contribution in [1.29, 1.82) is 5.26 Å². The van der Waals surface area contributed by atoms with E-state index in [-0.39, 0.29) is 25.1 Å². The number of hydrogen-bond acceptors (Lipinski definition) is 7. The Morgan fingerprint density at radius 2 is 0.983 bits per heavy atom. The Labute approximate surface area is 330 Å². The maximum absolute atomic E-state index is 14.2. The monoisotopic (exact) mass is 828 g/mol. The first-order valence-corrected chi connectivity index (χ1v) is 19.5. The molecule has 3 N–H and O–H groups in total. The SMILES string of the molecule is N#Cc1ccc(CNC(=O)[C@@H](CC(=O)[C@@H](Cc2ccc(CNC(=O)C(F)(F)F)cc2)CS(=O)(=O)Cc2ccccc2)Cc2ccc(CNC(=O)C(F)(F)F)cc2)cc1. The lowest BCUT2D eigenvalue weighted by Crippen LogP contribution is -2.36. The van der Waals surface area contributed by atoms with Crippen molar-refractivity contribution in [3.8, 4) is 6.07 Å². The molecule has 17 heteroatoms. The fourth-order valence-electron chi connectivity index (χ4n) is 5.88. The van der Waals surface area contributed by atoms with Gasteiger partial charge in [-0.15, -0.1) is 0 Å². The van der Waals surface area contributed by atoms with Gasteiger partial charge in [-0.05, 0) is 58.4 Å². The van der Waals surface area contributed by atoms with Gasteiger partial charge in [0.15, 0.2) is 9.84 Å². The van der Waals surface area contributed by atoms with Crippen molar-refractivity contribution in [2.45, 2.75) is 57.0 Å². The topological polar surface area (TPSA) is 162 Å². The third-order valence-electron chi connectivity index (χ3n) is 8.94. The second-order valence-electron chi connectivity index (χ2n) is 13.5. The summed E-state index contributed by atoms with van der Waals surface area (Å²) < 4.78 is 103. The van der Waals surface area contributed by atoms with E-state index in [9.17, 15) is 53.9 Å². The molecule has 4 aromatic carbocycles. The number of rotatable bonds is 18. The molecule has 10 nitrogen and oxygen atoms in total. The summed E-state index contributed by atoms with van der Waals surface area (Å²) in [5.74, 6) is -8.55. The number of nitrogens with zero attached hydrogens (tertiary/aromatic N) is 1. The predicted octanol–water partition coefficient (Wildman–Crippen LogP) is 5.82. The number of carbonyl (C=O) groups is 4. The van der Waals surface area contributed by atoms with E-state index in [0.717, 1.165) is 0 Å². The molecule has 0 aliphatic carbocycles. The highest BCUT2D eigenvalue weighted by molar-refractivity contribution is 7.90. The minimum absolute atomic E-state index is 0.0255. The van der Waals surface area contributed by atoms with Crippen LogP contribution in [0.3, 0.4) is 0 Å². The second kappa shape index (κ2) is 19.9. The van der Waals surface area contributed by atoms with Crippen molar-refractivity contribution in [3.63, 3.8) is 0 Å². The largest absolute Gasteiger partial charge is 0.471 e. The molecule has 4 aromatic rings. The molecule has 0 aromatic heterocycles. The van der Waals surface area contributed by atoms with Gasteiger partial charge in [0.2, 0.25) is 5.91 Å². The number of ketones is 1. The summed E-state index contributed by atoms with van der Waals surface area (Å²) in [5.41, 5.74) is 3.16. The summed E-state index contributed by atoms with van der Waals surface area (Å²) >= 11 is 0. The van der Waals surface area contributed by atoms with Gasteiger partial charge in [-0.1, -0.05) is 91.0 Å². The number of carbonyl (C=O) groups excluding carboxylic acids is 4. The summed E-state index contributed by atoms with van der Waals surface area (Å²) in [6, 6.07) is 28.5. The van der Waals surface area contributed by atoms with Gasteiger partial charge < -0.3 is 16.0 Å².